The molecule has 0 aliphatic carbocycles. The summed E-state index contributed by atoms with van der Waals surface area (Å²) in [6, 6.07) is 114. The molecule has 0 bridgehead atoms. The van der Waals surface area contributed by atoms with Crippen molar-refractivity contribution in [2.45, 2.75) is 0 Å². The van der Waals surface area contributed by atoms with Gasteiger partial charge in [-0.15, -0.1) is 0 Å². The van der Waals surface area contributed by atoms with Gasteiger partial charge in [-0.2, -0.15) is 0 Å². The molecule has 0 N–H and O–H groups in total. The zero-order chi connectivity index (χ0) is 54.5. The van der Waals surface area contributed by atoms with Crippen molar-refractivity contribution in [1.29, 1.82) is 0 Å². The van der Waals surface area contributed by atoms with E-state index < -0.39 is 0 Å². The third-order valence-corrected chi connectivity index (χ3v) is 17.5. The standard InChI is InChI=1S/C78H51BN4/c1-3-24-52(25-4-1)56-28-7-15-36-66(56)82-74-48-46-54(58-30-9-17-38-68(58)80-70-40-19-11-32-60(70)61-33-12-20-41-71(61)80)50-64(74)79-65-51-55(59-31-10-18-39-69(59)81-72-42-21-13-34-62(72)63-35-14-22-43-73(63)81)47-49-75(65)83(77-45-23-44-76(82)78(77)79)67-37-16-8-29-57(67)53-26-5-2-6-27-53/h1-51H. The molecule has 83 heavy (non-hydrogen) atoms. The maximum Gasteiger partial charge on any atom is 0.252 e. The molecular weight excluding hydrogens is 1000 g/mol. The minimum atomic E-state index is -0.174. The van der Waals surface area contributed by atoms with Crippen LogP contribution in [0.5, 0.6) is 0 Å². The average molecular weight is 1060 g/mol. The Labute approximate surface area is 482 Å². The Bertz CT molecular complexity index is 4650. The lowest BCUT2D eigenvalue weighted by atomic mass is 9.33. The van der Waals surface area contributed by atoms with Gasteiger partial charge in [0.2, 0.25) is 0 Å². The number of nitrogens with zero attached hydrogens (tertiary/aromatic N) is 4. The van der Waals surface area contributed by atoms with Gasteiger partial charge in [0.15, 0.2) is 0 Å². The first-order valence-corrected chi connectivity index (χ1v) is 28.7. The second-order valence-electron chi connectivity index (χ2n) is 21.9. The van der Waals surface area contributed by atoms with Gasteiger partial charge in [0.25, 0.3) is 6.71 Å². The Morgan fingerprint density at radius 3 is 0.892 bits per heavy atom. The monoisotopic (exact) mass is 1050 g/mol. The second-order valence-corrected chi connectivity index (χ2v) is 21.9. The largest absolute Gasteiger partial charge is 0.311 e. The topological polar surface area (TPSA) is 16.3 Å². The van der Waals surface area contributed by atoms with Crippen LogP contribution >= 0.6 is 0 Å². The van der Waals surface area contributed by atoms with E-state index in [0.29, 0.717) is 0 Å². The van der Waals surface area contributed by atoms with Crippen LogP contribution in [-0.4, -0.2) is 15.8 Å². The lowest BCUT2D eigenvalue weighted by molar-refractivity contribution is 1.18. The lowest BCUT2D eigenvalue weighted by Gasteiger charge is -2.45. The summed E-state index contributed by atoms with van der Waals surface area (Å²) in [5.41, 5.74) is 27.0. The molecule has 0 saturated carbocycles. The van der Waals surface area contributed by atoms with Crippen LogP contribution in [0.4, 0.5) is 34.1 Å². The summed E-state index contributed by atoms with van der Waals surface area (Å²) in [5.74, 6) is 0. The first-order valence-electron chi connectivity index (χ1n) is 28.7. The molecule has 0 spiro atoms. The molecule has 17 rings (SSSR count). The zero-order valence-corrected chi connectivity index (χ0v) is 45.3. The van der Waals surface area contributed by atoms with E-state index in [1.165, 1.54) is 93.4 Å². The summed E-state index contributed by atoms with van der Waals surface area (Å²) in [7, 11) is 0. The van der Waals surface area contributed by atoms with Crippen LogP contribution in [0.25, 0.3) is 99.5 Å². The molecule has 2 aromatic heterocycles. The van der Waals surface area contributed by atoms with Gasteiger partial charge in [-0.3, -0.25) is 0 Å². The van der Waals surface area contributed by atoms with Gasteiger partial charge < -0.3 is 18.9 Å². The van der Waals surface area contributed by atoms with E-state index in [9.17, 15) is 0 Å². The van der Waals surface area contributed by atoms with E-state index in [0.717, 1.165) is 56.6 Å². The van der Waals surface area contributed by atoms with Crippen LogP contribution in [-0.2, 0) is 0 Å². The number of hydrogen-bond donors (Lipinski definition) is 0. The number of rotatable bonds is 8. The SMILES string of the molecule is c1ccc(-c2ccccc2N2c3ccc(-c4ccccc4-n4c5ccccc5c5ccccc54)cc3B3c4cc(-c5ccccc5-n5c6ccccc6c6ccccc65)ccc4N(c4ccccc4-c4ccccc4)c4cccc2c43)cc1. The van der Waals surface area contributed by atoms with Crippen LogP contribution in [0.3, 0.4) is 0 Å². The molecule has 13 aromatic carbocycles. The Hall–Kier alpha value is -10.9. The molecular formula is C78H51BN4. The number of para-hydroxylation sites is 8. The molecule has 0 radical (unpaired) electrons. The second kappa shape index (κ2) is 18.9. The highest BCUT2D eigenvalue weighted by atomic mass is 15.2. The highest BCUT2D eigenvalue weighted by Gasteiger charge is 2.44. The van der Waals surface area contributed by atoms with Crippen LogP contribution in [0, 0.1) is 0 Å². The number of hydrogen-bond acceptors (Lipinski definition) is 2. The van der Waals surface area contributed by atoms with E-state index in [1.807, 2.05) is 0 Å². The van der Waals surface area contributed by atoms with E-state index >= 15 is 0 Å². The molecule has 5 heteroatoms. The van der Waals surface area contributed by atoms with Crippen molar-refractivity contribution in [3.05, 3.63) is 309 Å². The van der Waals surface area contributed by atoms with Crippen molar-refractivity contribution in [1.82, 2.24) is 9.13 Å². The summed E-state index contributed by atoms with van der Waals surface area (Å²) in [6.45, 7) is -0.174. The predicted molar refractivity (Wildman–Crippen MR) is 351 cm³/mol. The molecule has 386 valence electrons. The number of benzene rings is 13. The first-order chi connectivity index (χ1) is 41.2. The molecule has 0 saturated heterocycles. The fourth-order valence-electron chi connectivity index (χ4n) is 14.0. The molecule has 4 heterocycles. The minimum Gasteiger partial charge on any atom is -0.311 e. The summed E-state index contributed by atoms with van der Waals surface area (Å²) in [6.07, 6.45) is 0. The third-order valence-electron chi connectivity index (χ3n) is 17.5. The van der Waals surface area contributed by atoms with Gasteiger partial charge in [-0.05, 0) is 111 Å². The number of fused-ring (bicyclic) bond motifs is 10. The van der Waals surface area contributed by atoms with Crippen LogP contribution in [0.15, 0.2) is 309 Å². The highest BCUT2D eigenvalue weighted by Crippen LogP contribution is 2.49. The van der Waals surface area contributed by atoms with Gasteiger partial charge in [0.05, 0.1) is 44.8 Å². The Balaban J connectivity index is 0.959. The average Bonchev–Trinajstić information content (AvgIpc) is 2.04. The Morgan fingerprint density at radius 2 is 0.506 bits per heavy atom. The Morgan fingerprint density at radius 1 is 0.205 bits per heavy atom. The van der Waals surface area contributed by atoms with Crippen molar-refractivity contribution in [2.24, 2.45) is 0 Å². The Kier molecular flexibility index (Phi) is 10.7. The molecule has 2 aliphatic heterocycles. The van der Waals surface area contributed by atoms with Gasteiger partial charge >= 0.3 is 0 Å². The van der Waals surface area contributed by atoms with Gasteiger partial charge in [-0.1, -0.05) is 237 Å². The molecule has 0 fully saturated rings. The summed E-state index contributed by atoms with van der Waals surface area (Å²) >= 11 is 0. The summed E-state index contributed by atoms with van der Waals surface area (Å²) < 4.78 is 4.93. The summed E-state index contributed by atoms with van der Waals surface area (Å²) in [4.78, 5) is 5.12. The van der Waals surface area contributed by atoms with E-state index in [2.05, 4.69) is 328 Å². The van der Waals surface area contributed by atoms with E-state index in [4.69, 9.17) is 0 Å². The zero-order valence-electron chi connectivity index (χ0n) is 45.3. The third kappa shape index (κ3) is 7.21. The van der Waals surface area contributed by atoms with Crippen LogP contribution < -0.4 is 26.2 Å². The van der Waals surface area contributed by atoms with Crippen LogP contribution in [0.2, 0.25) is 0 Å². The van der Waals surface area contributed by atoms with Crippen molar-refractivity contribution >= 4 is 101 Å². The predicted octanol–water partition coefficient (Wildman–Crippen LogP) is 18.6. The minimum absolute atomic E-state index is 0.174. The number of aromatic nitrogens is 2. The normalized spacial score (nSPS) is 12.5. The quantitative estimate of drug-likeness (QED) is 0.141. The number of anilines is 6. The lowest BCUT2D eigenvalue weighted by Crippen LogP contribution is -2.61. The van der Waals surface area contributed by atoms with Crippen molar-refractivity contribution < 1.29 is 0 Å². The maximum atomic E-state index is 2.56. The first kappa shape index (κ1) is 47.0. The van der Waals surface area contributed by atoms with Crippen molar-refractivity contribution in [3.8, 4) is 55.9 Å². The van der Waals surface area contributed by atoms with Gasteiger partial charge in [0, 0.05) is 66.5 Å². The highest BCUT2D eigenvalue weighted by molar-refractivity contribution is 7.00. The molecule has 4 nitrogen and oxygen atoms in total. The smallest absolute Gasteiger partial charge is 0.252 e. The van der Waals surface area contributed by atoms with E-state index in [1.54, 1.807) is 0 Å². The molecule has 15 aromatic rings. The van der Waals surface area contributed by atoms with Crippen LogP contribution in [0.1, 0.15) is 0 Å². The van der Waals surface area contributed by atoms with Gasteiger partial charge in [-0.25, -0.2) is 0 Å². The van der Waals surface area contributed by atoms with E-state index in [-0.39, 0.29) is 6.71 Å². The van der Waals surface area contributed by atoms with Gasteiger partial charge in [0.1, 0.15) is 0 Å². The maximum absolute atomic E-state index is 2.56. The van der Waals surface area contributed by atoms with Crippen molar-refractivity contribution in [2.75, 3.05) is 9.80 Å². The molecule has 0 amide bonds. The fraction of sp³-hybridized carbons (Fsp3) is 0. The molecule has 0 atom stereocenters. The molecule has 0 unspecified atom stereocenters. The van der Waals surface area contributed by atoms with Crippen molar-refractivity contribution in [3.63, 3.8) is 0 Å². The fourth-order valence-corrected chi connectivity index (χ4v) is 14.0. The summed E-state index contributed by atoms with van der Waals surface area (Å²) in [5, 5.41) is 4.97. The molecule has 2 aliphatic rings.